The predicted molar refractivity (Wildman–Crippen MR) is 102 cm³/mol. The summed E-state index contributed by atoms with van der Waals surface area (Å²) in [4.78, 5) is 22.3. The molecule has 2 fully saturated rings. The summed E-state index contributed by atoms with van der Waals surface area (Å²) in [5.74, 6) is 0.257. The fraction of sp³-hybridized carbons (Fsp3) is 0.500. The zero-order valence-electron chi connectivity index (χ0n) is 15.0. The monoisotopic (exact) mass is 371 g/mol. The van der Waals surface area contributed by atoms with E-state index in [0.717, 1.165) is 62.8 Å². The molecule has 0 radical (unpaired) electrons. The summed E-state index contributed by atoms with van der Waals surface area (Å²) in [6.45, 7) is 5.71. The molecule has 26 heavy (non-hydrogen) atoms. The van der Waals surface area contributed by atoms with Crippen LogP contribution in [0.4, 0.5) is 0 Å². The summed E-state index contributed by atoms with van der Waals surface area (Å²) >= 11 is 1.62. The fourth-order valence-corrected chi connectivity index (χ4v) is 4.28. The lowest BCUT2D eigenvalue weighted by atomic mass is 9.94. The van der Waals surface area contributed by atoms with Crippen LogP contribution >= 0.6 is 11.3 Å². The SMILES string of the molecule is O=C(N(CCN1CCOCC1)Cc1nccs1)C1(c2ccccc2)CC1. The third-order valence-corrected chi connectivity index (χ3v) is 6.14. The van der Waals surface area contributed by atoms with Gasteiger partial charge in [0.2, 0.25) is 5.91 Å². The Morgan fingerprint density at radius 2 is 2.00 bits per heavy atom. The third-order valence-electron chi connectivity index (χ3n) is 5.37. The minimum Gasteiger partial charge on any atom is -0.379 e. The van der Waals surface area contributed by atoms with Crippen molar-refractivity contribution in [2.24, 2.45) is 0 Å². The highest BCUT2D eigenvalue weighted by Crippen LogP contribution is 2.49. The molecule has 0 atom stereocenters. The van der Waals surface area contributed by atoms with E-state index >= 15 is 0 Å². The van der Waals surface area contributed by atoms with E-state index in [1.165, 1.54) is 0 Å². The number of nitrogens with zero attached hydrogens (tertiary/aromatic N) is 3. The molecule has 1 aliphatic heterocycles. The molecule has 2 aliphatic rings. The number of aromatic nitrogens is 1. The molecule has 5 nitrogen and oxygen atoms in total. The molecule has 0 bridgehead atoms. The fourth-order valence-electron chi connectivity index (χ4n) is 3.64. The zero-order valence-corrected chi connectivity index (χ0v) is 15.8. The number of amides is 1. The highest BCUT2D eigenvalue weighted by molar-refractivity contribution is 7.09. The van der Waals surface area contributed by atoms with Crippen molar-refractivity contribution in [2.75, 3.05) is 39.4 Å². The van der Waals surface area contributed by atoms with Crippen molar-refractivity contribution in [2.45, 2.75) is 24.8 Å². The molecule has 4 rings (SSSR count). The summed E-state index contributed by atoms with van der Waals surface area (Å²) < 4.78 is 5.43. The number of hydrogen-bond donors (Lipinski definition) is 0. The van der Waals surface area contributed by atoms with Crippen LogP contribution in [0.1, 0.15) is 23.4 Å². The Bertz CT molecular complexity index is 710. The van der Waals surface area contributed by atoms with Gasteiger partial charge in [0.1, 0.15) is 5.01 Å². The number of rotatable bonds is 7. The Labute approximate surface area is 158 Å². The van der Waals surface area contributed by atoms with Crippen LogP contribution in [0.3, 0.4) is 0 Å². The van der Waals surface area contributed by atoms with Crippen LogP contribution < -0.4 is 0 Å². The average molecular weight is 372 g/mol. The number of carbonyl (C=O) groups is 1. The molecule has 1 saturated heterocycles. The van der Waals surface area contributed by atoms with Crippen molar-refractivity contribution in [3.63, 3.8) is 0 Å². The summed E-state index contributed by atoms with van der Waals surface area (Å²) in [5, 5.41) is 2.98. The van der Waals surface area contributed by atoms with Gasteiger partial charge in [-0.3, -0.25) is 9.69 Å². The maximum atomic E-state index is 13.5. The Kier molecular flexibility index (Phi) is 5.33. The van der Waals surface area contributed by atoms with Gasteiger partial charge < -0.3 is 9.64 Å². The Morgan fingerprint density at radius 3 is 2.65 bits per heavy atom. The second-order valence-corrected chi connectivity index (χ2v) is 8.03. The molecule has 1 aromatic carbocycles. The number of ether oxygens (including phenoxy) is 1. The third kappa shape index (κ3) is 3.82. The highest BCUT2D eigenvalue weighted by atomic mass is 32.1. The molecule has 2 aromatic rings. The van der Waals surface area contributed by atoms with Gasteiger partial charge in [0.15, 0.2) is 0 Å². The first-order chi connectivity index (χ1) is 12.8. The summed E-state index contributed by atoms with van der Waals surface area (Å²) in [6, 6.07) is 10.3. The molecule has 0 spiro atoms. The predicted octanol–water partition coefficient (Wildman–Crippen LogP) is 2.54. The van der Waals surface area contributed by atoms with Gasteiger partial charge in [-0.1, -0.05) is 30.3 Å². The molecule has 1 aromatic heterocycles. The Hall–Kier alpha value is -1.76. The second-order valence-electron chi connectivity index (χ2n) is 7.05. The average Bonchev–Trinajstić information content (AvgIpc) is 3.36. The molecule has 0 N–H and O–H groups in total. The standard InChI is InChI=1S/C20H25N3O2S/c24-19(20(6-7-20)17-4-2-1-3-5-17)23(16-18-21-8-15-26-18)10-9-22-11-13-25-14-12-22/h1-5,8,15H,6-7,9-14,16H2. The van der Waals surface area contributed by atoms with Gasteiger partial charge in [0, 0.05) is 37.8 Å². The van der Waals surface area contributed by atoms with Crippen molar-refractivity contribution in [1.29, 1.82) is 0 Å². The smallest absolute Gasteiger partial charge is 0.233 e. The van der Waals surface area contributed by atoms with Crippen LogP contribution in [0.5, 0.6) is 0 Å². The van der Waals surface area contributed by atoms with E-state index < -0.39 is 0 Å². The lowest BCUT2D eigenvalue weighted by Gasteiger charge is -2.31. The molecular formula is C20H25N3O2S. The van der Waals surface area contributed by atoms with Crippen molar-refractivity contribution in [3.8, 4) is 0 Å². The molecule has 1 saturated carbocycles. The van der Waals surface area contributed by atoms with Crippen molar-refractivity contribution < 1.29 is 9.53 Å². The number of carbonyl (C=O) groups excluding carboxylic acids is 1. The number of morpholine rings is 1. The van der Waals surface area contributed by atoms with Crippen molar-refractivity contribution >= 4 is 17.2 Å². The maximum absolute atomic E-state index is 13.5. The summed E-state index contributed by atoms with van der Waals surface area (Å²) in [7, 11) is 0. The van der Waals surface area contributed by atoms with E-state index in [2.05, 4.69) is 22.0 Å². The molecule has 1 aliphatic carbocycles. The molecular weight excluding hydrogens is 346 g/mol. The van der Waals surface area contributed by atoms with E-state index in [4.69, 9.17) is 4.74 Å². The molecule has 1 amide bonds. The van der Waals surface area contributed by atoms with Gasteiger partial charge in [-0.05, 0) is 18.4 Å². The van der Waals surface area contributed by atoms with E-state index in [1.54, 1.807) is 11.3 Å². The zero-order chi connectivity index (χ0) is 17.8. The van der Waals surface area contributed by atoms with Crippen LogP contribution in [-0.4, -0.2) is 60.1 Å². The quantitative estimate of drug-likeness (QED) is 0.750. The first-order valence-electron chi connectivity index (χ1n) is 9.31. The highest BCUT2D eigenvalue weighted by Gasteiger charge is 2.52. The molecule has 138 valence electrons. The van der Waals surface area contributed by atoms with Gasteiger partial charge in [-0.25, -0.2) is 4.98 Å². The maximum Gasteiger partial charge on any atom is 0.233 e. The Morgan fingerprint density at radius 1 is 1.23 bits per heavy atom. The van der Waals surface area contributed by atoms with Crippen LogP contribution in [0, 0.1) is 0 Å². The minimum absolute atomic E-state index is 0.257. The molecule has 6 heteroatoms. The van der Waals surface area contributed by atoms with Crippen LogP contribution in [0.2, 0.25) is 0 Å². The number of hydrogen-bond acceptors (Lipinski definition) is 5. The summed E-state index contributed by atoms with van der Waals surface area (Å²) in [5.41, 5.74) is 0.837. The lowest BCUT2D eigenvalue weighted by Crippen LogP contribution is -2.45. The van der Waals surface area contributed by atoms with E-state index in [1.807, 2.05) is 34.7 Å². The van der Waals surface area contributed by atoms with Gasteiger partial charge in [0.05, 0.1) is 25.2 Å². The van der Waals surface area contributed by atoms with Crippen molar-refractivity contribution in [1.82, 2.24) is 14.8 Å². The number of thiazole rings is 1. The van der Waals surface area contributed by atoms with Gasteiger partial charge in [-0.15, -0.1) is 11.3 Å². The lowest BCUT2D eigenvalue weighted by molar-refractivity contribution is -0.135. The normalized spacial score (nSPS) is 19.2. The minimum atomic E-state index is -0.316. The largest absolute Gasteiger partial charge is 0.379 e. The number of benzene rings is 1. The Balaban J connectivity index is 1.49. The van der Waals surface area contributed by atoms with E-state index in [0.29, 0.717) is 6.54 Å². The first kappa shape index (κ1) is 17.6. The first-order valence-corrected chi connectivity index (χ1v) is 10.2. The van der Waals surface area contributed by atoms with Gasteiger partial charge >= 0.3 is 0 Å². The second kappa shape index (κ2) is 7.86. The molecule has 0 unspecified atom stereocenters. The van der Waals surface area contributed by atoms with E-state index in [-0.39, 0.29) is 11.3 Å². The van der Waals surface area contributed by atoms with Crippen LogP contribution in [0.25, 0.3) is 0 Å². The van der Waals surface area contributed by atoms with E-state index in [9.17, 15) is 4.79 Å². The molecule has 2 heterocycles. The van der Waals surface area contributed by atoms with Gasteiger partial charge in [0.25, 0.3) is 0 Å². The topological polar surface area (TPSA) is 45.7 Å². The summed E-state index contributed by atoms with van der Waals surface area (Å²) in [6.07, 6.45) is 3.71. The van der Waals surface area contributed by atoms with Gasteiger partial charge in [-0.2, -0.15) is 0 Å². The van der Waals surface area contributed by atoms with Crippen LogP contribution in [0.15, 0.2) is 41.9 Å². The van der Waals surface area contributed by atoms with Crippen LogP contribution in [-0.2, 0) is 21.5 Å². The van der Waals surface area contributed by atoms with Crippen molar-refractivity contribution in [3.05, 3.63) is 52.5 Å².